The van der Waals surface area contributed by atoms with Gasteiger partial charge in [0, 0.05) is 18.9 Å². The van der Waals surface area contributed by atoms with E-state index < -0.39 is 0 Å². The molecule has 1 aliphatic rings. The van der Waals surface area contributed by atoms with E-state index in [0.717, 1.165) is 30.3 Å². The van der Waals surface area contributed by atoms with Crippen molar-refractivity contribution in [3.63, 3.8) is 0 Å². The maximum absolute atomic E-state index is 10.8. The van der Waals surface area contributed by atoms with Crippen LogP contribution in [0.25, 0.3) is 0 Å². The van der Waals surface area contributed by atoms with E-state index in [1.54, 1.807) is 0 Å². The Kier molecular flexibility index (Phi) is 6.75. The van der Waals surface area contributed by atoms with Crippen molar-refractivity contribution in [2.45, 2.75) is 25.4 Å². The predicted octanol–water partition coefficient (Wildman–Crippen LogP) is 1.34. The maximum Gasteiger partial charge on any atom is 0.306 e. The monoisotopic (exact) mass is 263 g/mol. The van der Waals surface area contributed by atoms with Gasteiger partial charge in [0.15, 0.2) is 0 Å². The number of ether oxygens (including phenoxy) is 2. The summed E-state index contributed by atoms with van der Waals surface area (Å²) >= 11 is 6.59. The van der Waals surface area contributed by atoms with E-state index in [4.69, 9.17) is 17.0 Å². The van der Waals surface area contributed by atoms with Gasteiger partial charge in [0.2, 0.25) is 0 Å². The molecule has 1 fully saturated rings. The topological polar surface area (TPSA) is 47.6 Å². The second-order valence-corrected chi connectivity index (χ2v) is 5.25. The van der Waals surface area contributed by atoms with Gasteiger partial charge in [-0.3, -0.25) is 4.79 Å². The van der Waals surface area contributed by atoms with Gasteiger partial charge in [-0.2, -0.15) is 0 Å². The van der Waals surface area contributed by atoms with Crippen molar-refractivity contribution in [3.8, 4) is 0 Å². The number of thiocarbonyl (C=S) groups is 1. The van der Waals surface area contributed by atoms with Gasteiger partial charge in [-0.15, -0.1) is 0 Å². The normalized spacial score (nSPS) is 19.4. The Hall–Kier alpha value is -0.330. The van der Waals surface area contributed by atoms with Crippen LogP contribution in [-0.2, 0) is 14.3 Å². The molecular weight excluding hydrogens is 246 g/mol. The van der Waals surface area contributed by atoms with E-state index in [0.29, 0.717) is 18.3 Å². The van der Waals surface area contributed by atoms with Crippen molar-refractivity contribution in [3.05, 3.63) is 0 Å². The number of nitrogens with one attached hydrogen (secondary N) is 1. The van der Waals surface area contributed by atoms with Gasteiger partial charge in [-0.05, 0) is 12.8 Å². The average molecular weight is 263 g/mol. The van der Waals surface area contributed by atoms with Crippen molar-refractivity contribution in [2.75, 3.05) is 26.0 Å². The lowest BCUT2D eigenvalue weighted by molar-refractivity contribution is -0.140. The van der Waals surface area contributed by atoms with E-state index in [1.165, 1.54) is 18.9 Å². The van der Waals surface area contributed by atoms with Crippen LogP contribution >= 0.6 is 24.0 Å². The van der Waals surface area contributed by atoms with Crippen LogP contribution < -0.4 is 5.32 Å². The Morgan fingerprint density at radius 1 is 1.69 bits per heavy atom. The highest BCUT2D eigenvalue weighted by Gasteiger charge is 2.15. The molecule has 1 saturated heterocycles. The van der Waals surface area contributed by atoms with Gasteiger partial charge in [0.25, 0.3) is 0 Å². The number of hydrogen-bond donors (Lipinski definition) is 1. The summed E-state index contributed by atoms with van der Waals surface area (Å²) in [6.45, 7) is 1.62. The van der Waals surface area contributed by atoms with Crippen LogP contribution in [0.5, 0.6) is 0 Å². The highest BCUT2D eigenvalue weighted by molar-refractivity contribution is 8.22. The van der Waals surface area contributed by atoms with E-state index in [9.17, 15) is 4.79 Å². The lowest BCUT2D eigenvalue weighted by atomic mass is 10.2. The first-order valence-electron chi connectivity index (χ1n) is 5.31. The molecule has 4 nitrogen and oxygen atoms in total. The number of thioether (sulfide) groups is 1. The van der Waals surface area contributed by atoms with Crippen LogP contribution in [0.1, 0.15) is 19.3 Å². The first kappa shape index (κ1) is 13.7. The lowest BCUT2D eigenvalue weighted by Gasteiger charge is -2.11. The molecule has 16 heavy (non-hydrogen) atoms. The second-order valence-electron chi connectivity index (χ2n) is 3.48. The molecule has 0 aromatic rings. The fourth-order valence-corrected chi connectivity index (χ4v) is 2.36. The number of methoxy groups -OCH3 is 1. The molecule has 0 aliphatic carbocycles. The van der Waals surface area contributed by atoms with Crippen LogP contribution in [0.4, 0.5) is 0 Å². The van der Waals surface area contributed by atoms with E-state index in [2.05, 4.69) is 10.1 Å². The third kappa shape index (κ3) is 5.67. The molecule has 6 heteroatoms. The molecule has 0 spiro atoms. The summed E-state index contributed by atoms with van der Waals surface area (Å²) in [6.07, 6.45) is 2.92. The Morgan fingerprint density at radius 3 is 3.12 bits per heavy atom. The van der Waals surface area contributed by atoms with Crippen molar-refractivity contribution < 1.29 is 14.3 Å². The van der Waals surface area contributed by atoms with Crippen LogP contribution in [0.3, 0.4) is 0 Å². The van der Waals surface area contributed by atoms with Gasteiger partial charge < -0.3 is 14.8 Å². The van der Waals surface area contributed by atoms with Crippen molar-refractivity contribution in [1.82, 2.24) is 5.32 Å². The number of esters is 1. The molecule has 92 valence electrons. The lowest BCUT2D eigenvalue weighted by Crippen LogP contribution is -2.29. The molecule has 0 aromatic heterocycles. The zero-order chi connectivity index (χ0) is 11.8. The summed E-state index contributed by atoms with van der Waals surface area (Å²) in [7, 11) is 1.39. The van der Waals surface area contributed by atoms with Crippen LogP contribution in [-0.4, -0.2) is 42.4 Å². The SMILES string of the molecule is COC(=O)CCSC(=S)NCC1CCCO1. The molecule has 1 unspecified atom stereocenters. The maximum atomic E-state index is 10.8. The first-order chi connectivity index (χ1) is 7.72. The summed E-state index contributed by atoms with van der Waals surface area (Å²) in [4.78, 5) is 10.8. The Labute approximate surface area is 105 Å². The standard InChI is InChI=1S/C10H17NO3S2/c1-13-9(12)4-6-16-10(15)11-7-8-3-2-5-14-8/h8H,2-7H2,1H3,(H,11,15). The zero-order valence-corrected chi connectivity index (χ0v) is 11.0. The molecule has 1 heterocycles. The van der Waals surface area contributed by atoms with Crippen LogP contribution in [0.15, 0.2) is 0 Å². The van der Waals surface area contributed by atoms with Gasteiger partial charge in [-0.25, -0.2) is 0 Å². The molecule has 0 saturated carbocycles. The molecule has 0 radical (unpaired) electrons. The molecule has 0 aromatic carbocycles. The number of hydrogen-bond acceptors (Lipinski definition) is 5. The van der Waals surface area contributed by atoms with E-state index in [-0.39, 0.29) is 5.97 Å². The molecule has 1 atom stereocenters. The molecular formula is C10H17NO3S2. The summed E-state index contributed by atoms with van der Waals surface area (Å²) < 4.78 is 10.7. The highest BCUT2D eigenvalue weighted by Crippen LogP contribution is 2.11. The van der Waals surface area contributed by atoms with Crippen molar-refractivity contribution >= 4 is 34.3 Å². The van der Waals surface area contributed by atoms with Crippen molar-refractivity contribution in [1.29, 1.82) is 0 Å². The van der Waals surface area contributed by atoms with Gasteiger partial charge in [0.05, 0.1) is 19.6 Å². The largest absolute Gasteiger partial charge is 0.469 e. The summed E-state index contributed by atoms with van der Waals surface area (Å²) in [5.41, 5.74) is 0. The fourth-order valence-electron chi connectivity index (χ4n) is 1.38. The van der Waals surface area contributed by atoms with Gasteiger partial charge >= 0.3 is 5.97 Å². The summed E-state index contributed by atoms with van der Waals surface area (Å²) in [5, 5.41) is 3.13. The number of carbonyl (C=O) groups is 1. The van der Waals surface area contributed by atoms with Crippen LogP contribution in [0.2, 0.25) is 0 Å². The minimum absolute atomic E-state index is 0.200. The first-order valence-corrected chi connectivity index (χ1v) is 6.71. The van der Waals surface area contributed by atoms with Gasteiger partial charge in [0.1, 0.15) is 4.32 Å². The third-order valence-corrected chi connectivity index (χ3v) is 3.58. The van der Waals surface area contributed by atoms with Crippen LogP contribution in [0, 0.1) is 0 Å². The molecule has 1 rings (SSSR count). The minimum atomic E-state index is -0.200. The Balaban J connectivity index is 2.00. The van der Waals surface area contributed by atoms with E-state index >= 15 is 0 Å². The number of rotatable bonds is 5. The molecule has 0 bridgehead atoms. The van der Waals surface area contributed by atoms with Crippen molar-refractivity contribution in [2.24, 2.45) is 0 Å². The molecule has 1 N–H and O–H groups in total. The molecule has 1 aliphatic heterocycles. The Morgan fingerprint density at radius 2 is 2.50 bits per heavy atom. The molecule has 0 amide bonds. The smallest absolute Gasteiger partial charge is 0.306 e. The second kappa shape index (κ2) is 7.86. The average Bonchev–Trinajstić information content (AvgIpc) is 2.79. The summed E-state index contributed by atoms with van der Waals surface area (Å²) in [6, 6.07) is 0. The third-order valence-electron chi connectivity index (χ3n) is 2.27. The van der Waals surface area contributed by atoms with E-state index in [1.807, 2.05) is 0 Å². The zero-order valence-electron chi connectivity index (χ0n) is 9.36. The Bertz CT molecular complexity index is 242. The highest BCUT2D eigenvalue weighted by atomic mass is 32.2. The minimum Gasteiger partial charge on any atom is -0.469 e. The van der Waals surface area contributed by atoms with Gasteiger partial charge in [-0.1, -0.05) is 24.0 Å². The quantitative estimate of drug-likeness (QED) is 0.596. The fraction of sp³-hybridized carbons (Fsp3) is 0.800. The predicted molar refractivity (Wildman–Crippen MR) is 68.7 cm³/mol. The summed E-state index contributed by atoms with van der Waals surface area (Å²) in [5.74, 6) is 0.457. The number of carbonyl (C=O) groups excluding carboxylic acids is 1.